The van der Waals surface area contributed by atoms with Gasteiger partial charge in [0.2, 0.25) is 5.91 Å². The number of amides is 1. The van der Waals surface area contributed by atoms with Crippen LogP contribution in [0.1, 0.15) is 26.7 Å². The molecule has 0 aromatic heterocycles. The second-order valence-corrected chi connectivity index (χ2v) is 6.91. The Labute approximate surface area is 144 Å². The van der Waals surface area contributed by atoms with E-state index in [0.29, 0.717) is 25.6 Å². The molecule has 5 nitrogen and oxygen atoms in total. The number of carbonyl (C=O) groups excluding carboxylic acids is 1. The van der Waals surface area contributed by atoms with Crippen LogP contribution in [0.4, 0.5) is 0 Å². The van der Waals surface area contributed by atoms with Gasteiger partial charge in [-0.05, 0) is 37.4 Å². The first-order valence-corrected chi connectivity index (χ1v) is 9.04. The van der Waals surface area contributed by atoms with Crippen LogP contribution in [-0.4, -0.2) is 61.1 Å². The maximum atomic E-state index is 12.6. The highest BCUT2D eigenvalue weighted by molar-refractivity contribution is 5.78. The van der Waals surface area contributed by atoms with Gasteiger partial charge in [0.15, 0.2) is 11.5 Å². The van der Waals surface area contributed by atoms with E-state index in [9.17, 15) is 4.79 Å². The minimum Gasteiger partial charge on any atom is -0.486 e. The smallest absolute Gasteiger partial charge is 0.236 e. The quantitative estimate of drug-likeness (QED) is 0.830. The van der Waals surface area contributed by atoms with Crippen LogP contribution in [0, 0.1) is 5.92 Å². The molecule has 0 radical (unpaired) electrons. The molecule has 2 aliphatic heterocycles. The average Bonchev–Trinajstić information content (AvgIpc) is 2.61. The Morgan fingerprint density at radius 1 is 1.33 bits per heavy atom. The fraction of sp³-hybridized carbons (Fsp3) is 0.632. The Hall–Kier alpha value is -1.75. The van der Waals surface area contributed by atoms with Gasteiger partial charge in [0.05, 0.1) is 6.54 Å². The van der Waals surface area contributed by atoms with Crippen molar-refractivity contribution in [2.75, 3.05) is 39.3 Å². The first-order chi connectivity index (χ1) is 11.7. The molecule has 2 unspecified atom stereocenters. The number of piperidine rings is 1. The predicted molar refractivity (Wildman–Crippen MR) is 93.4 cm³/mol. The molecular weight excluding hydrogens is 304 g/mol. The summed E-state index contributed by atoms with van der Waals surface area (Å²) in [5, 5.41) is 0. The molecule has 2 atom stereocenters. The van der Waals surface area contributed by atoms with Crippen LogP contribution < -0.4 is 9.47 Å². The van der Waals surface area contributed by atoms with E-state index in [2.05, 4.69) is 18.7 Å². The maximum absolute atomic E-state index is 12.6. The third kappa shape index (κ3) is 4.20. The van der Waals surface area contributed by atoms with Gasteiger partial charge in [-0.1, -0.05) is 26.0 Å². The lowest BCUT2D eigenvalue weighted by Crippen LogP contribution is -2.48. The van der Waals surface area contributed by atoms with Crippen molar-refractivity contribution in [1.29, 1.82) is 0 Å². The van der Waals surface area contributed by atoms with Gasteiger partial charge >= 0.3 is 0 Å². The Kier molecular flexibility index (Phi) is 5.61. The Balaban J connectivity index is 1.52. The molecule has 24 heavy (non-hydrogen) atoms. The first-order valence-electron chi connectivity index (χ1n) is 9.04. The normalized spacial score (nSPS) is 23.4. The van der Waals surface area contributed by atoms with Crippen molar-refractivity contribution in [2.45, 2.75) is 32.8 Å². The van der Waals surface area contributed by atoms with Crippen LogP contribution in [0.25, 0.3) is 0 Å². The van der Waals surface area contributed by atoms with Gasteiger partial charge in [0.25, 0.3) is 0 Å². The van der Waals surface area contributed by atoms with Crippen molar-refractivity contribution in [3.63, 3.8) is 0 Å². The molecule has 132 valence electrons. The number of benzene rings is 1. The van der Waals surface area contributed by atoms with E-state index in [1.807, 2.05) is 29.2 Å². The van der Waals surface area contributed by atoms with Gasteiger partial charge in [-0.2, -0.15) is 0 Å². The fourth-order valence-corrected chi connectivity index (χ4v) is 3.45. The molecule has 0 N–H and O–H groups in total. The van der Waals surface area contributed by atoms with E-state index in [1.165, 1.54) is 6.42 Å². The van der Waals surface area contributed by atoms with Crippen molar-refractivity contribution in [3.05, 3.63) is 24.3 Å². The Morgan fingerprint density at radius 3 is 2.88 bits per heavy atom. The number of carbonyl (C=O) groups is 1. The molecule has 2 aliphatic rings. The van der Waals surface area contributed by atoms with Crippen molar-refractivity contribution >= 4 is 5.91 Å². The minimum absolute atomic E-state index is 0.0343. The molecule has 2 heterocycles. The lowest BCUT2D eigenvalue weighted by atomic mass is 10.0. The number of likely N-dealkylation sites (tertiary alicyclic amines) is 1. The Morgan fingerprint density at radius 2 is 2.12 bits per heavy atom. The summed E-state index contributed by atoms with van der Waals surface area (Å²) >= 11 is 0. The van der Waals surface area contributed by atoms with Crippen LogP contribution in [-0.2, 0) is 4.79 Å². The van der Waals surface area contributed by atoms with Crippen molar-refractivity contribution in [3.8, 4) is 11.5 Å². The molecule has 0 bridgehead atoms. The SMILES string of the molecule is CCN(CC(=O)N1CCCC(C)C1)CC1COc2ccccc2O1. The fourth-order valence-electron chi connectivity index (χ4n) is 3.45. The first kappa shape index (κ1) is 17.1. The molecule has 3 rings (SSSR count). The molecule has 0 spiro atoms. The van der Waals surface area contributed by atoms with Gasteiger partial charge < -0.3 is 14.4 Å². The van der Waals surface area contributed by atoms with E-state index < -0.39 is 0 Å². The van der Waals surface area contributed by atoms with E-state index >= 15 is 0 Å². The summed E-state index contributed by atoms with van der Waals surface area (Å²) < 4.78 is 11.8. The van der Waals surface area contributed by atoms with E-state index in [1.54, 1.807) is 0 Å². The minimum atomic E-state index is -0.0343. The summed E-state index contributed by atoms with van der Waals surface area (Å²) in [6, 6.07) is 7.74. The summed E-state index contributed by atoms with van der Waals surface area (Å²) in [7, 11) is 0. The second kappa shape index (κ2) is 7.88. The van der Waals surface area contributed by atoms with Gasteiger partial charge in [0.1, 0.15) is 12.7 Å². The lowest BCUT2D eigenvalue weighted by molar-refractivity contribution is -0.134. The monoisotopic (exact) mass is 332 g/mol. The van der Waals surface area contributed by atoms with Crippen LogP contribution in [0.3, 0.4) is 0 Å². The predicted octanol–water partition coefficient (Wildman–Crippen LogP) is 2.41. The summed E-state index contributed by atoms with van der Waals surface area (Å²) in [5.41, 5.74) is 0. The zero-order valence-electron chi connectivity index (χ0n) is 14.7. The molecule has 1 fully saturated rings. The summed E-state index contributed by atoms with van der Waals surface area (Å²) in [4.78, 5) is 16.7. The highest BCUT2D eigenvalue weighted by atomic mass is 16.6. The van der Waals surface area contributed by atoms with Crippen LogP contribution in [0.2, 0.25) is 0 Å². The number of nitrogens with zero attached hydrogens (tertiary/aromatic N) is 2. The summed E-state index contributed by atoms with van der Waals surface area (Å²) in [5.74, 6) is 2.45. The summed E-state index contributed by atoms with van der Waals surface area (Å²) in [6.45, 7) is 8.64. The third-order valence-electron chi connectivity index (χ3n) is 4.85. The number of rotatable bonds is 5. The van der Waals surface area contributed by atoms with Gasteiger partial charge in [0, 0.05) is 19.6 Å². The van der Waals surface area contributed by atoms with Crippen molar-refractivity contribution in [2.24, 2.45) is 5.92 Å². The van der Waals surface area contributed by atoms with Crippen LogP contribution in [0.15, 0.2) is 24.3 Å². The average molecular weight is 332 g/mol. The number of hydrogen-bond donors (Lipinski definition) is 0. The highest BCUT2D eigenvalue weighted by Crippen LogP contribution is 2.31. The molecule has 0 saturated carbocycles. The second-order valence-electron chi connectivity index (χ2n) is 6.91. The molecule has 1 amide bonds. The largest absolute Gasteiger partial charge is 0.486 e. The van der Waals surface area contributed by atoms with Crippen molar-refractivity contribution in [1.82, 2.24) is 9.80 Å². The molecule has 1 aromatic rings. The molecule has 1 saturated heterocycles. The van der Waals surface area contributed by atoms with Crippen LogP contribution in [0.5, 0.6) is 11.5 Å². The topological polar surface area (TPSA) is 42.0 Å². The molecular formula is C19H28N2O3. The number of fused-ring (bicyclic) bond motifs is 1. The third-order valence-corrected chi connectivity index (χ3v) is 4.85. The molecule has 5 heteroatoms. The number of para-hydroxylation sites is 2. The Bertz CT molecular complexity index is 563. The van der Waals surface area contributed by atoms with E-state index in [0.717, 1.165) is 37.6 Å². The lowest BCUT2D eigenvalue weighted by Gasteiger charge is -2.34. The van der Waals surface area contributed by atoms with Gasteiger partial charge in [-0.3, -0.25) is 9.69 Å². The van der Waals surface area contributed by atoms with Gasteiger partial charge in [-0.15, -0.1) is 0 Å². The standard InChI is InChI=1S/C19H28N2O3/c1-3-20(13-19(22)21-10-6-7-15(2)11-21)12-16-14-23-17-8-4-5-9-18(17)24-16/h4-5,8-9,15-16H,3,6-7,10-14H2,1-2H3. The molecule has 1 aromatic carbocycles. The number of likely N-dealkylation sites (N-methyl/N-ethyl adjacent to an activating group) is 1. The van der Waals surface area contributed by atoms with Gasteiger partial charge in [-0.25, -0.2) is 0 Å². The molecule has 0 aliphatic carbocycles. The maximum Gasteiger partial charge on any atom is 0.236 e. The van der Waals surface area contributed by atoms with Crippen molar-refractivity contribution < 1.29 is 14.3 Å². The van der Waals surface area contributed by atoms with Crippen LogP contribution >= 0.6 is 0 Å². The number of ether oxygens (including phenoxy) is 2. The number of hydrogen-bond acceptors (Lipinski definition) is 4. The van der Waals surface area contributed by atoms with E-state index in [-0.39, 0.29) is 12.0 Å². The summed E-state index contributed by atoms with van der Waals surface area (Å²) in [6.07, 6.45) is 2.32. The zero-order chi connectivity index (χ0) is 16.9. The highest BCUT2D eigenvalue weighted by Gasteiger charge is 2.26. The van der Waals surface area contributed by atoms with E-state index in [4.69, 9.17) is 9.47 Å². The zero-order valence-corrected chi connectivity index (χ0v) is 14.7.